The highest BCUT2D eigenvalue weighted by Crippen LogP contribution is 2.31. The van der Waals surface area contributed by atoms with Gasteiger partial charge in [-0.2, -0.15) is 0 Å². The third-order valence-corrected chi connectivity index (χ3v) is 5.07. The molecule has 0 heterocycles. The van der Waals surface area contributed by atoms with E-state index in [1.54, 1.807) is 63.2 Å². The van der Waals surface area contributed by atoms with Crippen LogP contribution in [0.3, 0.4) is 0 Å². The molecule has 0 spiro atoms. The number of phenolic OH excluding ortho intramolecular Hbond substituents is 1. The van der Waals surface area contributed by atoms with Crippen LogP contribution in [-0.2, 0) is 14.3 Å². The van der Waals surface area contributed by atoms with Gasteiger partial charge in [0, 0.05) is 17.8 Å². The summed E-state index contributed by atoms with van der Waals surface area (Å²) in [5.41, 5.74) is -0.165. The molecule has 0 saturated heterocycles. The van der Waals surface area contributed by atoms with Crippen molar-refractivity contribution >= 4 is 23.6 Å². The molecule has 196 valence electrons. The highest BCUT2D eigenvalue weighted by atomic mass is 16.6. The highest BCUT2D eigenvalue weighted by Gasteiger charge is 2.37. The lowest BCUT2D eigenvalue weighted by molar-refractivity contribution is -0.141. The third-order valence-electron chi connectivity index (χ3n) is 5.07. The number of rotatable bonds is 10. The van der Waals surface area contributed by atoms with Gasteiger partial charge in [-0.05, 0) is 57.5 Å². The number of hydrogen-bond donors (Lipinski definition) is 4. The van der Waals surface area contributed by atoms with E-state index in [4.69, 9.17) is 9.47 Å². The van der Waals surface area contributed by atoms with Crippen molar-refractivity contribution < 1.29 is 34.1 Å². The zero-order chi connectivity index (χ0) is 26.9. The third kappa shape index (κ3) is 7.88. The Balaban J connectivity index is 2.43. The maximum atomic E-state index is 13.5. The molecule has 2 aromatic rings. The molecular formula is C26H35N3O7. The minimum atomic E-state index is -1.37. The summed E-state index contributed by atoms with van der Waals surface area (Å²) in [5, 5.41) is 25.6. The average molecular weight is 502 g/mol. The summed E-state index contributed by atoms with van der Waals surface area (Å²) < 4.78 is 10.3. The van der Waals surface area contributed by atoms with Crippen LogP contribution in [0, 0.1) is 0 Å². The molecule has 0 aliphatic rings. The van der Waals surface area contributed by atoms with Crippen LogP contribution in [0.4, 0.5) is 10.5 Å². The predicted octanol–water partition coefficient (Wildman–Crippen LogP) is 3.20. The molecular weight excluding hydrogens is 466 g/mol. The smallest absolute Gasteiger partial charge is 0.408 e. The van der Waals surface area contributed by atoms with Gasteiger partial charge in [0.25, 0.3) is 5.91 Å². The maximum Gasteiger partial charge on any atom is 0.408 e. The van der Waals surface area contributed by atoms with Crippen molar-refractivity contribution in [2.45, 2.75) is 51.8 Å². The summed E-state index contributed by atoms with van der Waals surface area (Å²) in [6.07, 6.45) is -0.413. The van der Waals surface area contributed by atoms with E-state index in [1.165, 1.54) is 18.1 Å². The molecule has 10 nitrogen and oxygen atoms in total. The Kier molecular flexibility index (Phi) is 10.1. The van der Waals surface area contributed by atoms with Gasteiger partial charge < -0.3 is 35.2 Å². The van der Waals surface area contributed by atoms with Crippen LogP contribution in [0.2, 0.25) is 0 Å². The number of carbonyl (C=O) groups is 3. The molecule has 0 saturated carbocycles. The molecule has 0 aliphatic heterocycles. The molecule has 0 fully saturated rings. The number of ether oxygens (including phenoxy) is 2. The molecule has 2 atom stereocenters. The predicted molar refractivity (Wildman–Crippen MR) is 135 cm³/mol. The molecule has 2 rings (SSSR count). The summed E-state index contributed by atoms with van der Waals surface area (Å²) in [5.74, 6) is -0.866. The van der Waals surface area contributed by atoms with Crippen LogP contribution in [0.25, 0.3) is 0 Å². The second-order valence-electron chi connectivity index (χ2n) is 9.09. The van der Waals surface area contributed by atoms with Gasteiger partial charge in [0.1, 0.15) is 29.2 Å². The van der Waals surface area contributed by atoms with Gasteiger partial charge >= 0.3 is 6.09 Å². The lowest BCUT2D eigenvalue weighted by Gasteiger charge is -2.34. The number of nitrogens with zero attached hydrogens (tertiary/aromatic N) is 1. The van der Waals surface area contributed by atoms with Crippen LogP contribution < -0.4 is 15.4 Å². The molecule has 0 radical (unpaired) electrons. The molecule has 36 heavy (non-hydrogen) atoms. The maximum absolute atomic E-state index is 13.5. The number of hydrogen-bond acceptors (Lipinski definition) is 7. The fourth-order valence-corrected chi connectivity index (χ4v) is 3.50. The normalized spacial score (nSPS) is 12.7. The van der Waals surface area contributed by atoms with Crippen molar-refractivity contribution in [1.29, 1.82) is 0 Å². The molecule has 2 unspecified atom stereocenters. The molecule has 0 bridgehead atoms. The Morgan fingerprint density at radius 1 is 1.06 bits per heavy atom. The first-order valence-corrected chi connectivity index (χ1v) is 11.6. The fourth-order valence-electron chi connectivity index (χ4n) is 3.50. The van der Waals surface area contributed by atoms with E-state index in [1.807, 2.05) is 6.92 Å². The topological polar surface area (TPSA) is 137 Å². The quantitative estimate of drug-likeness (QED) is 0.392. The van der Waals surface area contributed by atoms with Gasteiger partial charge in [-0.25, -0.2) is 4.79 Å². The summed E-state index contributed by atoms with van der Waals surface area (Å²) in [6, 6.07) is 10.2. The second-order valence-corrected chi connectivity index (χ2v) is 9.09. The largest absolute Gasteiger partial charge is 0.508 e. The number of aliphatic hydroxyl groups is 1. The number of phenols is 1. The van der Waals surface area contributed by atoms with Gasteiger partial charge in [0.05, 0.1) is 13.7 Å². The number of anilines is 1. The van der Waals surface area contributed by atoms with Gasteiger partial charge in [-0.15, -0.1) is 0 Å². The number of aromatic hydroxyl groups is 1. The number of carbonyl (C=O) groups excluding carboxylic acids is 3. The minimum absolute atomic E-state index is 0.111. The number of amides is 3. The zero-order valence-corrected chi connectivity index (χ0v) is 21.3. The van der Waals surface area contributed by atoms with E-state index in [-0.39, 0.29) is 17.9 Å². The number of nitrogens with one attached hydrogen (secondary N) is 2. The van der Waals surface area contributed by atoms with Gasteiger partial charge in [-0.3, -0.25) is 9.59 Å². The minimum Gasteiger partial charge on any atom is -0.508 e. The zero-order valence-electron chi connectivity index (χ0n) is 21.3. The van der Waals surface area contributed by atoms with Crippen molar-refractivity contribution in [2.75, 3.05) is 25.6 Å². The Bertz CT molecular complexity index is 1030. The van der Waals surface area contributed by atoms with Crippen molar-refractivity contribution in [2.24, 2.45) is 0 Å². The lowest BCUT2D eigenvalue weighted by atomic mass is 10.0. The Morgan fingerprint density at radius 2 is 1.69 bits per heavy atom. The van der Waals surface area contributed by atoms with Crippen LogP contribution >= 0.6 is 0 Å². The number of methoxy groups -OCH3 is 1. The monoisotopic (exact) mass is 501 g/mol. The fraction of sp³-hybridized carbons (Fsp3) is 0.423. The summed E-state index contributed by atoms with van der Waals surface area (Å²) in [6.45, 7) is 6.22. The van der Waals surface area contributed by atoms with Crippen molar-refractivity contribution in [3.05, 3.63) is 54.1 Å². The standard InChI is InChI=1S/C26H35N3O7/c1-6-15-29(24(33)20(16-30)28-25(34)36-26(2,3)4)22(19-9-7-8-10-21(19)31)23(32)27-17-11-13-18(35-5)14-12-17/h7-14,20,22,30-31H,6,15-16H2,1-5H3,(H,27,32)(H,28,34). The number of alkyl carbamates (subject to hydrolysis) is 1. The average Bonchev–Trinajstić information content (AvgIpc) is 2.82. The Labute approximate surface area is 211 Å². The van der Waals surface area contributed by atoms with Crippen molar-refractivity contribution in [3.8, 4) is 11.5 Å². The second kappa shape index (κ2) is 12.8. The van der Waals surface area contributed by atoms with E-state index in [0.717, 1.165) is 0 Å². The van der Waals surface area contributed by atoms with Crippen molar-refractivity contribution in [1.82, 2.24) is 10.2 Å². The SMILES string of the molecule is CCCN(C(=O)C(CO)NC(=O)OC(C)(C)C)C(C(=O)Nc1ccc(OC)cc1)c1ccccc1O. The van der Waals surface area contributed by atoms with Gasteiger partial charge in [-0.1, -0.05) is 25.1 Å². The number of benzene rings is 2. The van der Waals surface area contributed by atoms with Crippen LogP contribution in [0.1, 0.15) is 45.7 Å². The number of para-hydroxylation sites is 1. The first-order valence-electron chi connectivity index (χ1n) is 11.6. The van der Waals surface area contributed by atoms with Crippen LogP contribution in [0.5, 0.6) is 11.5 Å². The van der Waals surface area contributed by atoms with E-state index in [0.29, 0.717) is 17.9 Å². The first kappa shape index (κ1) is 28.4. The van der Waals surface area contributed by atoms with Crippen LogP contribution in [0.15, 0.2) is 48.5 Å². The number of aliphatic hydroxyl groups excluding tert-OH is 1. The molecule has 0 aromatic heterocycles. The van der Waals surface area contributed by atoms with Gasteiger partial charge in [0.2, 0.25) is 5.91 Å². The van der Waals surface area contributed by atoms with E-state index in [9.17, 15) is 24.6 Å². The summed E-state index contributed by atoms with van der Waals surface area (Å²) >= 11 is 0. The summed E-state index contributed by atoms with van der Waals surface area (Å²) in [7, 11) is 1.53. The van der Waals surface area contributed by atoms with Gasteiger partial charge in [0.15, 0.2) is 0 Å². The molecule has 3 amide bonds. The molecule has 0 aliphatic carbocycles. The molecule has 2 aromatic carbocycles. The first-order chi connectivity index (χ1) is 17.0. The van der Waals surface area contributed by atoms with E-state index < -0.39 is 42.2 Å². The summed E-state index contributed by atoms with van der Waals surface area (Å²) in [4.78, 5) is 40.6. The Hall–Kier alpha value is -3.79. The molecule has 10 heteroatoms. The highest BCUT2D eigenvalue weighted by molar-refractivity contribution is 5.99. The van der Waals surface area contributed by atoms with E-state index in [2.05, 4.69) is 10.6 Å². The lowest BCUT2D eigenvalue weighted by Crippen LogP contribution is -2.54. The van der Waals surface area contributed by atoms with Crippen molar-refractivity contribution in [3.63, 3.8) is 0 Å². The van der Waals surface area contributed by atoms with Crippen LogP contribution in [-0.4, -0.2) is 64.9 Å². The Morgan fingerprint density at radius 3 is 2.22 bits per heavy atom. The molecule has 4 N–H and O–H groups in total. The van der Waals surface area contributed by atoms with E-state index >= 15 is 0 Å².